The predicted octanol–water partition coefficient (Wildman–Crippen LogP) is 1.67. The van der Waals surface area contributed by atoms with E-state index in [4.69, 9.17) is 9.72 Å². The second-order valence-corrected chi connectivity index (χ2v) is 8.63. The number of piperazine rings is 1. The van der Waals surface area contributed by atoms with E-state index in [0.29, 0.717) is 31.8 Å². The van der Waals surface area contributed by atoms with Gasteiger partial charge in [0.1, 0.15) is 5.82 Å². The van der Waals surface area contributed by atoms with Crippen molar-refractivity contribution in [2.45, 2.75) is 25.8 Å². The third-order valence-corrected chi connectivity index (χ3v) is 6.44. The van der Waals surface area contributed by atoms with Gasteiger partial charge in [0.25, 0.3) is 5.91 Å². The number of aromatic nitrogens is 2. The van der Waals surface area contributed by atoms with Crippen LogP contribution in [0.15, 0.2) is 18.2 Å². The number of likely N-dealkylation sites (tertiary alicyclic amines) is 1. The van der Waals surface area contributed by atoms with Crippen LogP contribution >= 0.6 is 0 Å². The Bertz CT molecular complexity index is 945. The summed E-state index contributed by atoms with van der Waals surface area (Å²) >= 11 is 0. The quantitative estimate of drug-likeness (QED) is 0.660. The molecule has 1 aromatic carbocycles. The monoisotopic (exact) mass is 442 g/mol. The van der Waals surface area contributed by atoms with Gasteiger partial charge in [0, 0.05) is 72.1 Å². The summed E-state index contributed by atoms with van der Waals surface area (Å²) in [5, 5.41) is 2.95. The minimum Gasteiger partial charge on any atom is -0.385 e. The van der Waals surface area contributed by atoms with Crippen LogP contribution in [0.4, 0.5) is 4.79 Å². The standard InChI is InChI=1S/C23H34N6O3/c1-26-20-7-6-18(22(30)28-9-3-4-10-28)16-19(20)25-21(26)17-27-11-13-29(14-12-27)23(31)24-8-5-15-32-2/h6-7,16H,3-5,8-15,17H2,1-2H3,(H,24,31). The SMILES string of the molecule is COCCCNC(=O)N1CCN(Cc2nc3cc(C(=O)N4CCCC4)ccc3n2C)CC1. The predicted molar refractivity (Wildman–Crippen MR) is 123 cm³/mol. The van der Waals surface area contributed by atoms with Crippen molar-refractivity contribution in [2.75, 3.05) is 59.5 Å². The molecule has 32 heavy (non-hydrogen) atoms. The van der Waals surface area contributed by atoms with Crippen LogP contribution in [0.5, 0.6) is 0 Å². The zero-order valence-corrected chi connectivity index (χ0v) is 19.2. The molecule has 3 heterocycles. The lowest BCUT2D eigenvalue weighted by Gasteiger charge is -2.34. The van der Waals surface area contributed by atoms with Gasteiger partial charge in [-0.2, -0.15) is 0 Å². The van der Waals surface area contributed by atoms with Crippen molar-refractivity contribution < 1.29 is 14.3 Å². The molecule has 9 heteroatoms. The number of carbonyl (C=O) groups is 2. The molecule has 0 aliphatic carbocycles. The maximum Gasteiger partial charge on any atom is 0.317 e. The molecule has 2 aromatic rings. The number of nitrogens with zero attached hydrogens (tertiary/aromatic N) is 5. The summed E-state index contributed by atoms with van der Waals surface area (Å²) in [7, 11) is 3.69. The lowest BCUT2D eigenvalue weighted by molar-refractivity contribution is 0.0793. The van der Waals surface area contributed by atoms with E-state index in [0.717, 1.165) is 68.8 Å². The molecule has 0 radical (unpaired) electrons. The Hall–Kier alpha value is -2.65. The highest BCUT2D eigenvalue weighted by Gasteiger charge is 2.23. The van der Waals surface area contributed by atoms with Gasteiger partial charge >= 0.3 is 6.03 Å². The van der Waals surface area contributed by atoms with Gasteiger partial charge in [-0.05, 0) is 37.5 Å². The lowest BCUT2D eigenvalue weighted by Crippen LogP contribution is -2.51. The van der Waals surface area contributed by atoms with E-state index in [1.807, 2.05) is 35.0 Å². The fourth-order valence-electron chi connectivity index (χ4n) is 4.46. The number of nitrogens with one attached hydrogen (secondary N) is 1. The molecule has 4 rings (SSSR count). The Morgan fingerprint density at radius 2 is 1.81 bits per heavy atom. The molecule has 0 spiro atoms. The fourth-order valence-corrected chi connectivity index (χ4v) is 4.46. The van der Waals surface area contributed by atoms with Gasteiger partial charge in [0.05, 0.1) is 17.6 Å². The number of rotatable bonds is 7. The molecule has 2 aliphatic rings. The molecule has 2 fully saturated rings. The normalized spacial score (nSPS) is 17.3. The highest BCUT2D eigenvalue weighted by molar-refractivity contribution is 5.97. The van der Waals surface area contributed by atoms with Gasteiger partial charge in [0.2, 0.25) is 0 Å². The second kappa shape index (κ2) is 10.3. The van der Waals surface area contributed by atoms with Crippen molar-refractivity contribution in [1.82, 2.24) is 29.6 Å². The van der Waals surface area contributed by atoms with Gasteiger partial charge in [-0.25, -0.2) is 9.78 Å². The van der Waals surface area contributed by atoms with Crippen molar-refractivity contribution in [3.8, 4) is 0 Å². The van der Waals surface area contributed by atoms with Crippen molar-refractivity contribution in [3.63, 3.8) is 0 Å². The zero-order valence-electron chi connectivity index (χ0n) is 19.2. The first kappa shape index (κ1) is 22.5. The maximum absolute atomic E-state index is 12.7. The number of methoxy groups -OCH3 is 1. The summed E-state index contributed by atoms with van der Waals surface area (Å²) < 4.78 is 7.12. The number of amides is 3. The molecule has 0 bridgehead atoms. The van der Waals surface area contributed by atoms with Gasteiger partial charge in [-0.3, -0.25) is 9.69 Å². The second-order valence-electron chi connectivity index (χ2n) is 8.63. The summed E-state index contributed by atoms with van der Waals surface area (Å²) in [4.78, 5) is 36.0. The van der Waals surface area contributed by atoms with E-state index < -0.39 is 0 Å². The van der Waals surface area contributed by atoms with Gasteiger partial charge in [0.15, 0.2) is 0 Å². The van der Waals surface area contributed by atoms with E-state index in [1.165, 1.54) is 0 Å². The third kappa shape index (κ3) is 5.05. The van der Waals surface area contributed by atoms with Crippen molar-refractivity contribution in [2.24, 2.45) is 7.05 Å². The van der Waals surface area contributed by atoms with Crippen molar-refractivity contribution in [3.05, 3.63) is 29.6 Å². The minimum atomic E-state index is -0.00122. The van der Waals surface area contributed by atoms with Crippen LogP contribution in [-0.4, -0.2) is 95.7 Å². The van der Waals surface area contributed by atoms with Crippen LogP contribution in [0.3, 0.4) is 0 Å². The Balaban J connectivity index is 1.34. The summed E-state index contributed by atoms with van der Waals surface area (Å²) in [6.07, 6.45) is 3.00. The smallest absolute Gasteiger partial charge is 0.317 e. The number of fused-ring (bicyclic) bond motifs is 1. The van der Waals surface area contributed by atoms with Crippen LogP contribution in [-0.2, 0) is 18.3 Å². The van der Waals surface area contributed by atoms with Crippen LogP contribution < -0.4 is 5.32 Å². The number of carbonyl (C=O) groups excluding carboxylic acids is 2. The van der Waals surface area contributed by atoms with E-state index in [9.17, 15) is 9.59 Å². The number of hydrogen-bond donors (Lipinski definition) is 1. The average molecular weight is 443 g/mol. The van der Waals surface area contributed by atoms with Crippen LogP contribution in [0.2, 0.25) is 0 Å². The van der Waals surface area contributed by atoms with E-state index in [2.05, 4.69) is 14.8 Å². The maximum atomic E-state index is 12.7. The number of hydrogen-bond acceptors (Lipinski definition) is 5. The lowest BCUT2D eigenvalue weighted by atomic mass is 10.2. The molecule has 9 nitrogen and oxygen atoms in total. The fraction of sp³-hybridized carbons (Fsp3) is 0.609. The Labute approximate surface area is 189 Å². The summed E-state index contributed by atoms with van der Waals surface area (Å²) in [6, 6.07) is 5.84. The molecule has 1 N–H and O–H groups in total. The third-order valence-electron chi connectivity index (χ3n) is 6.44. The number of ether oxygens (including phenoxy) is 1. The molecule has 0 saturated carbocycles. The zero-order chi connectivity index (χ0) is 22.5. The van der Waals surface area contributed by atoms with Crippen LogP contribution in [0, 0.1) is 0 Å². The first-order chi connectivity index (χ1) is 15.6. The first-order valence-corrected chi connectivity index (χ1v) is 11.6. The van der Waals surface area contributed by atoms with Crippen LogP contribution in [0.1, 0.15) is 35.4 Å². The highest BCUT2D eigenvalue weighted by atomic mass is 16.5. The Morgan fingerprint density at radius 1 is 1.06 bits per heavy atom. The molecule has 1 aromatic heterocycles. The molecule has 0 atom stereocenters. The number of imidazole rings is 1. The van der Waals surface area contributed by atoms with Gasteiger partial charge in [-0.1, -0.05) is 0 Å². The number of urea groups is 1. The molecule has 2 aliphatic heterocycles. The topological polar surface area (TPSA) is 82.9 Å². The highest BCUT2D eigenvalue weighted by Crippen LogP contribution is 2.21. The van der Waals surface area contributed by atoms with E-state index in [1.54, 1.807) is 7.11 Å². The summed E-state index contributed by atoms with van der Waals surface area (Å²) in [5.74, 6) is 1.08. The molecule has 3 amide bonds. The average Bonchev–Trinajstić information content (AvgIpc) is 3.45. The molecule has 0 unspecified atom stereocenters. The molecular weight excluding hydrogens is 408 g/mol. The number of aryl methyl sites for hydroxylation is 1. The van der Waals surface area contributed by atoms with Gasteiger partial charge in [-0.15, -0.1) is 0 Å². The Kier molecular flexibility index (Phi) is 7.26. The van der Waals surface area contributed by atoms with Crippen molar-refractivity contribution >= 4 is 23.0 Å². The molecule has 174 valence electrons. The molecule has 2 saturated heterocycles. The Morgan fingerprint density at radius 3 is 2.53 bits per heavy atom. The summed E-state index contributed by atoms with van der Waals surface area (Å²) in [5.41, 5.74) is 2.61. The summed E-state index contributed by atoms with van der Waals surface area (Å²) in [6.45, 7) is 6.74. The first-order valence-electron chi connectivity index (χ1n) is 11.6. The van der Waals surface area contributed by atoms with Crippen molar-refractivity contribution in [1.29, 1.82) is 0 Å². The van der Waals surface area contributed by atoms with Crippen LogP contribution in [0.25, 0.3) is 11.0 Å². The van der Waals surface area contributed by atoms with E-state index in [-0.39, 0.29) is 11.9 Å². The number of benzene rings is 1. The van der Waals surface area contributed by atoms with E-state index >= 15 is 0 Å². The molecular formula is C23H34N6O3. The van der Waals surface area contributed by atoms with Gasteiger partial charge < -0.3 is 24.4 Å². The minimum absolute atomic E-state index is 0.00122. The largest absolute Gasteiger partial charge is 0.385 e.